The van der Waals surface area contributed by atoms with E-state index in [0.29, 0.717) is 5.75 Å². The van der Waals surface area contributed by atoms with Gasteiger partial charge in [-0.3, -0.25) is 0 Å². The molecule has 1 N–H and O–H groups in total. The summed E-state index contributed by atoms with van der Waals surface area (Å²) in [4.78, 5) is 0. The maximum absolute atomic E-state index is 10.0. The van der Waals surface area contributed by atoms with Gasteiger partial charge < -0.3 is 5.11 Å². The van der Waals surface area contributed by atoms with Crippen LogP contribution < -0.4 is 0 Å². The summed E-state index contributed by atoms with van der Waals surface area (Å²) in [5.74, 6) is 0.294. The summed E-state index contributed by atoms with van der Waals surface area (Å²) in [6.45, 7) is 0. The number of phenolic OH excluding ortho intramolecular Hbond substituents is 1. The standard InChI is InChI=1S/C20H17BrO/c21-20-18(14-16-9-5-2-6-10-16)17(11-12-19(20)22)13-15-7-3-1-4-8-15/h1-12,22H,13-14H2. The van der Waals surface area contributed by atoms with Gasteiger partial charge in [0.15, 0.2) is 0 Å². The Morgan fingerprint density at radius 3 is 1.82 bits per heavy atom. The van der Waals surface area contributed by atoms with E-state index in [9.17, 15) is 5.11 Å². The molecule has 0 saturated carbocycles. The Kier molecular flexibility index (Phi) is 4.59. The van der Waals surface area contributed by atoms with Gasteiger partial charge in [-0.15, -0.1) is 0 Å². The molecule has 1 nitrogen and oxygen atoms in total. The molecule has 0 unspecified atom stereocenters. The van der Waals surface area contributed by atoms with E-state index in [1.54, 1.807) is 6.07 Å². The van der Waals surface area contributed by atoms with E-state index in [4.69, 9.17) is 0 Å². The molecule has 0 aliphatic rings. The Morgan fingerprint density at radius 1 is 0.682 bits per heavy atom. The molecular weight excluding hydrogens is 336 g/mol. The molecular formula is C20H17BrO. The summed E-state index contributed by atoms with van der Waals surface area (Å²) < 4.78 is 0.796. The minimum Gasteiger partial charge on any atom is -0.507 e. The second kappa shape index (κ2) is 6.80. The smallest absolute Gasteiger partial charge is 0.130 e. The third-order valence-electron chi connectivity index (χ3n) is 3.78. The number of hydrogen-bond donors (Lipinski definition) is 1. The van der Waals surface area contributed by atoms with Crippen molar-refractivity contribution >= 4 is 15.9 Å². The van der Waals surface area contributed by atoms with Gasteiger partial charge in [0.05, 0.1) is 4.47 Å². The van der Waals surface area contributed by atoms with Crippen molar-refractivity contribution in [3.05, 3.63) is 99.5 Å². The predicted molar refractivity (Wildman–Crippen MR) is 94.3 cm³/mol. The molecule has 0 saturated heterocycles. The monoisotopic (exact) mass is 352 g/mol. The molecule has 0 atom stereocenters. The highest BCUT2D eigenvalue weighted by Crippen LogP contribution is 2.33. The largest absolute Gasteiger partial charge is 0.507 e. The number of phenols is 1. The Bertz CT molecular complexity index is 751. The zero-order valence-electron chi connectivity index (χ0n) is 12.2. The predicted octanol–water partition coefficient (Wildman–Crippen LogP) is 5.34. The maximum Gasteiger partial charge on any atom is 0.130 e. The second-order valence-corrected chi connectivity index (χ2v) is 6.15. The Labute approximate surface area is 139 Å². The van der Waals surface area contributed by atoms with Crippen LogP contribution in [0.2, 0.25) is 0 Å². The van der Waals surface area contributed by atoms with Crippen molar-refractivity contribution in [3.8, 4) is 5.75 Å². The molecule has 22 heavy (non-hydrogen) atoms. The summed E-state index contributed by atoms with van der Waals surface area (Å²) in [5.41, 5.74) is 4.90. The van der Waals surface area contributed by atoms with E-state index in [-0.39, 0.29) is 0 Å². The van der Waals surface area contributed by atoms with Crippen molar-refractivity contribution < 1.29 is 5.11 Å². The molecule has 3 aromatic carbocycles. The molecule has 0 aromatic heterocycles. The normalized spacial score (nSPS) is 10.6. The lowest BCUT2D eigenvalue weighted by Gasteiger charge is -2.13. The zero-order valence-corrected chi connectivity index (χ0v) is 13.8. The first kappa shape index (κ1) is 14.9. The SMILES string of the molecule is Oc1ccc(Cc2ccccc2)c(Cc2ccccc2)c1Br. The van der Waals surface area contributed by atoms with Gasteiger partial charge in [0.1, 0.15) is 5.75 Å². The molecule has 110 valence electrons. The van der Waals surface area contributed by atoms with Crippen molar-refractivity contribution in [2.45, 2.75) is 12.8 Å². The van der Waals surface area contributed by atoms with Crippen LogP contribution in [0.1, 0.15) is 22.3 Å². The van der Waals surface area contributed by atoms with Gasteiger partial charge in [-0.05, 0) is 57.1 Å². The van der Waals surface area contributed by atoms with E-state index in [0.717, 1.165) is 22.9 Å². The Morgan fingerprint density at radius 2 is 1.23 bits per heavy atom. The molecule has 0 fully saturated rings. The molecule has 0 bridgehead atoms. The van der Waals surface area contributed by atoms with Gasteiger partial charge in [0.2, 0.25) is 0 Å². The first-order valence-electron chi connectivity index (χ1n) is 7.31. The average molecular weight is 353 g/mol. The van der Waals surface area contributed by atoms with Crippen LogP contribution in [-0.2, 0) is 12.8 Å². The zero-order chi connectivity index (χ0) is 15.4. The van der Waals surface area contributed by atoms with Gasteiger partial charge in [-0.1, -0.05) is 66.7 Å². The molecule has 0 aliphatic heterocycles. The lowest BCUT2D eigenvalue weighted by atomic mass is 9.95. The van der Waals surface area contributed by atoms with Crippen LogP contribution in [0.4, 0.5) is 0 Å². The summed E-state index contributed by atoms with van der Waals surface area (Å²) in [5, 5.41) is 10.0. The molecule has 0 spiro atoms. The summed E-state index contributed by atoms with van der Waals surface area (Å²) in [6.07, 6.45) is 1.67. The van der Waals surface area contributed by atoms with Gasteiger partial charge in [0.25, 0.3) is 0 Å². The fourth-order valence-corrected chi connectivity index (χ4v) is 3.15. The fourth-order valence-electron chi connectivity index (χ4n) is 2.62. The van der Waals surface area contributed by atoms with E-state index in [2.05, 4.69) is 52.3 Å². The average Bonchev–Trinajstić information content (AvgIpc) is 2.56. The minimum atomic E-state index is 0.294. The van der Waals surface area contributed by atoms with Crippen molar-refractivity contribution in [1.82, 2.24) is 0 Å². The van der Waals surface area contributed by atoms with Gasteiger partial charge in [0, 0.05) is 0 Å². The first-order valence-corrected chi connectivity index (χ1v) is 8.10. The number of aromatic hydroxyl groups is 1. The van der Waals surface area contributed by atoms with Crippen molar-refractivity contribution in [2.24, 2.45) is 0 Å². The highest BCUT2D eigenvalue weighted by molar-refractivity contribution is 9.10. The van der Waals surface area contributed by atoms with Crippen LogP contribution in [0.5, 0.6) is 5.75 Å². The Hall–Kier alpha value is -2.06. The summed E-state index contributed by atoms with van der Waals surface area (Å²) in [7, 11) is 0. The van der Waals surface area contributed by atoms with Gasteiger partial charge in [-0.2, -0.15) is 0 Å². The molecule has 3 rings (SSSR count). The van der Waals surface area contributed by atoms with E-state index in [1.807, 2.05) is 30.3 Å². The van der Waals surface area contributed by atoms with E-state index in [1.165, 1.54) is 16.7 Å². The highest BCUT2D eigenvalue weighted by atomic mass is 79.9. The minimum absolute atomic E-state index is 0.294. The number of benzene rings is 3. The van der Waals surface area contributed by atoms with Crippen LogP contribution >= 0.6 is 15.9 Å². The summed E-state index contributed by atoms with van der Waals surface area (Å²) in [6, 6.07) is 24.5. The molecule has 3 aromatic rings. The Balaban J connectivity index is 1.97. The topological polar surface area (TPSA) is 20.2 Å². The molecule has 0 amide bonds. The number of rotatable bonds is 4. The lowest BCUT2D eigenvalue weighted by molar-refractivity contribution is 0.471. The molecule has 0 heterocycles. The number of halogens is 1. The van der Waals surface area contributed by atoms with Crippen LogP contribution in [0.3, 0.4) is 0 Å². The third kappa shape index (κ3) is 3.40. The van der Waals surface area contributed by atoms with Gasteiger partial charge >= 0.3 is 0 Å². The molecule has 0 aliphatic carbocycles. The van der Waals surface area contributed by atoms with Crippen LogP contribution in [0.15, 0.2) is 77.3 Å². The first-order chi connectivity index (χ1) is 10.7. The van der Waals surface area contributed by atoms with Crippen LogP contribution in [0.25, 0.3) is 0 Å². The highest BCUT2D eigenvalue weighted by Gasteiger charge is 2.12. The quantitative estimate of drug-likeness (QED) is 0.672. The summed E-state index contributed by atoms with van der Waals surface area (Å²) >= 11 is 3.55. The van der Waals surface area contributed by atoms with Gasteiger partial charge in [-0.25, -0.2) is 0 Å². The van der Waals surface area contributed by atoms with Crippen LogP contribution in [-0.4, -0.2) is 5.11 Å². The van der Waals surface area contributed by atoms with E-state index < -0.39 is 0 Å². The van der Waals surface area contributed by atoms with Crippen molar-refractivity contribution in [2.75, 3.05) is 0 Å². The van der Waals surface area contributed by atoms with E-state index >= 15 is 0 Å². The lowest BCUT2D eigenvalue weighted by Crippen LogP contribution is -1.99. The molecule has 2 heteroatoms. The molecule has 0 radical (unpaired) electrons. The maximum atomic E-state index is 10.0. The third-order valence-corrected chi connectivity index (χ3v) is 4.67. The van der Waals surface area contributed by atoms with Crippen molar-refractivity contribution in [3.63, 3.8) is 0 Å². The fraction of sp³-hybridized carbons (Fsp3) is 0.100. The van der Waals surface area contributed by atoms with Crippen LogP contribution in [0, 0.1) is 0 Å². The number of hydrogen-bond acceptors (Lipinski definition) is 1. The second-order valence-electron chi connectivity index (χ2n) is 5.36. The van der Waals surface area contributed by atoms with Crippen molar-refractivity contribution in [1.29, 1.82) is 0 Å².